The molecule has 3 aliphatic heterocycles. The van der Waals surface area contributed by atoms with Crippen LogP contribution in [0.1, 0.15) is 18.4 Å². The summed E-state index contributed by atoms with van der Waals surface area (Å²) in [5, 5.41) is 9.02. The Morgan fingerprint density at radius 2 is 1.88 bits per heavy atom. The maximum absolute atomic E-state index is 11.7. The number of carbonyl (C=O) groups excluding carboxylic acids is 1. The molecule has 4 rings (SSSR count). The summed E-state index contributed by atoms with van der Waals surface area (Å²) in [6.45, 7) is 3.18. The summed E-state index contributed by atoms with van der Waals surface area (Å²) in [5.74, 6) is -0.706. The van der Waals surface area contributed by atoms with E-state index in [9.17, 15) is 4.79 Å². The average molecular weight is 361 g/mol. The Labute approximate surface area is 149 Å². The molecular weight excluding hydrogens is 342 g/mol. The van der Waals surface area contributed by atoms with E-state index in [1.54, 1.807) is 6.08 Å². The number of thioether (sulfide) groups is 1. The molecule has 0 bridgehead atoms. The number of hydrogen-bond donors (Lipinski definition) is 2. The Morgan fingerprint density at radius 3 is 2.48 bits per heavy atom. The van der Waals surface area contributed by atoms with Crippen molar-refractivity contribution in [1.29, 1.82) is 0 Å². The molecule has 2 N–H and O–H groups in total. The van der Waals surface area contributed by atoms with Crippen LogP contribution in [0.3, 0.4) is 0 Å². The van der Waals surface area contributed by atoms with Crippen molar-refractivity contribution < 1.29 is 19.5 Å². The zero-order chi connectivity index (χ0) is 17.3. The Morgan fingerprint density at radius 1 is 1.20 bits per heavy atom. The van der Waals surface area contributed by atoms with Crippen LogP contribution in [-0.4, -0.2) is 48.4 Å². The minimum absolute atomic E-state index is 0.200. The maximum atomic E-state index is 11.7. The molecule has 2 saturated heterocycles. The number of nitrogens with zero attached hydrogens (tertiary/aromatic N) is 2. The maximum Gasteiger partial charge on any atom is 0.286 e. The molecule has 0 unspecified atom stereocenters. The molecule has 2 fully saturated rings. The standard InChI is InChI=1S/C17H19N3O4S/c21-15-14(25-16(18-15)19-22)11-12-1-3-13(4-2-12)20-7-5-17(6-8-20)23-9-10-24-17/h1-4,11,22H,5-10H2,(H,18,19,21). The zero-order valence-corrected chi connectivity index (χ0v) is 14.4. The van der Waals surface area contributed by atoms with E-state index in [4.69, 9.17) is 14.7 Å². The number of amides is 1. The van der Waals surface area contributed by atoms with Gasteiger partial charge in [-0.1, -0.05) is 12.1 Å². The first-order chi connectivity index (χ1) is 12.2. The van der Waals surface area contributed by atoms with Crippen molar-refractivity contribution in [2.24, 2.45) is 4.99 Å². The lowest BCUT2D eigenvalue weighted by molar-refractivity contribution is -0.169. The van der Waals surface area contributed by atoms with Gasteiger partial charge in [0.2, 0.25) is 0 Å². The first kappa shape index (κ1) is 16.6. The van der Waals surface area contributed by atoms with Crippen molar-refractivity contribution in [2.75, 3.05) is 31.2 Å². The van der Waals surface area contributed by atoms with E-state index in [0.717, 1.165) is 48.9 Å². The summed E-state index contributed by atoms with van der Waals surface area (Å²) in [6.07, 6.45) is 3.52. The first-order valence-electron chi connectivity index (χ1n) is 8.23. The second-order valence-corrected chi connectivity index (χ2v) is 7.16. The number of nitrogens with one attached hydrogen (secondary N) is 1. The van der Waals surface area contributed by atoms with Gasteiger partial charge in [-0.2, -0.15) is 4.99 Å². The molecule has 3 aliphatic rings. The lowest BCUT2D eigenvalue weighted by atomic mass is 10.0. The molecule has 0 atom stereocenters. The third-order valence-electron chi connectivity index (χ3n) is 4.61. The van der Waals surface area contributed by atoms with Gasteiger partial charge in [0.15, 0.2) is 11.0 Å². The molecule has 1 spiro atoms. The highest BCUT2D eigenvalue weighted by Gasteiger charge is 2.39. The fourth-order valence-corrected chi connectivity index (χ4v) is 3.99. The number of piperidine rings is 1. The fraction of sp³-hybridized carbons (Fsp3) is 0.412. The molecule has 7 nitrogen and oxygen atoms in total. The van der Waals surface area contributed by atoms with Crippen LogP contribution in [0.2, 0.25) is 0 Å². The topological polar surface area (TPSA) is 83.4 Å². The smallest absolute Gasteiger partial charge is 0.286 e. The van der Waals surface area contributed by atoms with Crippen molar-refractivity contribution in [3.8, 4) is 0 Å². The molecule has 1 amide bonds. The number of rotatable bonds is 2. The van der Waals surface area contributed by atoms with Crippen LogP contribution in [0.5, 0.6) is 0 Å². The average Bonchev–Trinajstić information content (AvgIpc) is 3.24. The fourth-order valence-electron chi connectivity index (χ4n) is 3.28. The molecule has 1 aromatic rings. The van der Waals surface area contributed by atoms with Crippen LogP contribution in [0.4, 0.5) is 5.69 Å². The molecule has 0 aliphatic carbocycles. The highest BCUT2D eigenvalue weighted by molar-refractivity contribution is 8.18. The highest BCUT2D eigenvalue weighted by Crippen LogP contribution is 2.33. The van der Waals surface area contributed by atoms with Gasteiger partial charge in [-0.3, -0.25) is 10.0 Å². The van der Waals surface area contributed by atoms with Crippen molar-refractivity contribution in [3.05, 3.63) is 34.7 Å². The second kappa shape index (κ2) is 6.80. The molecule has 0 aromatic heterocycles. The molecular formula is C17H19N3O4S. The van der Waals surface area contributed by atoms with Crippen LogP contribution >= 0.6 is 11.8 Å². The number of hydrogen-bond acceptors (Lipinski definition) is 7. The number of amidine groups is 1. The van der Waals surface area contributed by atoms with Gasteiger partial charge in [0.05, 0.1) is 18.1 Å². The van der Waals surface area contributed by atoms with Crippen LogP contribution in [-0.2, 0) is 14.3 Å². The normalized spacial score (nSPS) is 24.2. The Balaban J connectivity index is 1.40. The van der Waals surface area contributed by atoms with Crippen LogP contribution in [0.15, 0.2) is 34.2 Å². The van der Waals surface area contributed by atoms with E-state index in [1.807, 2.05) is 17.6 Å². The molecule has 132 valence electrons. The summed E-state index contributed by atoms with van der Waals surface area (Å²) in [4.78, 5) is 18.2. The van der Waals surface area contributed by atoms with Crippen LogP contribution < -0.4 is 10.4 Å². The van der Waals surface area contributed by atoms with E-state index in [2.05, 4.69) is 22.0 Å². The number of ether oxygens (including phenoxy) is 2. The van der Waals surface area contributed by atoms with Crippen LogP contribution in [0, 0.1) is 0 Å². The summed E-state index contributed by atoms with van der Waals surface area (Å²) in [5.41, 5.74) is 3.98. The molecule has 0 radical (unpaired) electrons. The zero-order valence-electron chi connectivity index (χ0n) is 13.6. The van der Waals surface area contributed by atoms with Crippen molar-refractivity contribution in [2.45, 2.75) is 18.6 Å². The van der Waals surface area contributed by atoms with Crippen molar-refractivity contribution >= 4 is 34.6 Å². The van der Waals surface area contributed by atoms with E-state index in [-0.39, 0.29) is 16.9 Å². The largest absolute Gasteiger partial charge is 0.371 e. The van der Waals surface area contributed by atoms with Crippen molar-refractivity contribution in [3.63, 3.8) is 0 Å². The van der Waals surface area contributed by atoms with Gasteiger partial charge < -0.3 is 14.4 Å². The van der Waals surface area contributed by atoms with Crippen LogP contribution in [0.25, 0.3) is 6.08 Å². The third kappa shape index (κ3) is 3.43. The highest BCUT2D eigenvalue weighted by atomic mass is 32.2. The number of carbonyl (C=O) groups is 1. The summed E-state index contributed by atoms with van der Waals surface area (Å²) < 4.78 is 11.5. The first-order valence-corrected chi connectivity index (χ1v) is 9.05. The molecule has 1 aromatic carbocycles. The lowest BCUT2D eigenvalue weighted by Crippen LogP contribution is -2.45. The third-order valence-corrected chi connectivity index (χ3v) is 5.50. The van der Waals surface area contributed by atoms with E-state index in [0.29, 0.717) is 18.1 Å². The number of benzene rings is 1. The van der Waals surface area contributed by atoms with E-state index in [1.165, 1.54) is 0 Å². The van der Waals surface area contributed by atoms with E-state index < -0.39 is 0 Å². The summed E-state index contributed by atoms with van der Waals surface area (Å²) >= 11 is 1.12. The lowest BCUT2D eigenvalue weighted by Gasteiger charge is -2.38. The second-order valence-electron chi connectivity index (χ2n) is 6.13. The number of aliphatic imine (C=N–C) groups is 1. The van der Waals surface area contributed by atoms with Gasteiger partial charge in [0.25, 0.3) is 5.91 Å². The molecule has 8 heteroatoms. The van der Waals surface area contributed by atoms with Gasteiger partial charge in [0, 0.05) is 31.6 Å². The Hall–Kier alpha value is -1.87. The quantitative estimate of drug-likeness (QED) is 0.615. The number of anilines is 1. The van der Waals surface area contributed by atoms with E-state index >= 15 is 0 Å². The van der Waals surface area contributed by atoms with Gasteiger partial charge in [-0.25, -0.2) is 5.48 Å². The molecule has 0 saturated carbocycles. The Kier molecular flexibility index (Phi) is 4.51. The minimum Gasteiger partial charge on any atom is -0.371 e. The summed E-state index contributed by atoms with van der Waals surface area (Å²) in [6, 6.07) is 8.06. The SMILES string of the molecule is O=C1N=C(NO)SC1=Cc1ccc(N2CCC3(CC2)OCCO3)cc1. The van der Waals surface area contributed by atoms with Gasteiger partial charge >= 0.3 is 0 Å². The van der Waals surface area contributed by atoms with Crippen molar-refractivity contribution in [1.82, 2.24) is 5.48 Å². The number of hydroxylamine groups is 1. The van der Waals surface area contributed by atoms with Gasteiger partial charge in [-0.05, 0) is 35.5 Å². The minimum atomic E-state index is -0.362. The summed E-state index contributed by atoms with van der Waals surface area (Å²) in [7, 11) is 0. The molecule has 25 heavy (non-hydrogen) atoms. The predicted octanol–water partition coefficient (Wildman–Crippen LogP) is 1.98. The van der Waals surface area contributed by atoms with Gasteiger partial charge in [-0.15, -0.1) is 0 Å². The Bertz CT molecular complexity index is 716. The monoisotopic (exact) mass is 361 g/mol. The molecule has 3 heterocycles. The van der Waals surface area contributed by atoms with Gasteiger partial charge in [0.1, 0.15) is 0 Å². The predicted molar refractivity (Wildman–Crippen MR) is 95.5 cm³/mol.